The van der Waals surface area contributed by atoms with Crippen LogP contribution in [-0.2, 0) is 32.3 Å². The van der Waals surface area contributed by atoms with Crippen LogP contribution in [0.3, 0.4) is 0 Å². The molecule has 0 radical (unpaired) electrons. The minimum Gasteiger partial charge on any atom is -0.393 e. The maximum absolute atomic E-state index is 14.4. The second-order valence-electron chi connectivity index (χ2n) is 32.7. The van der Waals surface area contributed by atoms with Crippen LogP contribution in [0.15, 0.2) is 73.1 Å². The predicted molar refractivity (Wildman–Crippen MR) is 348 cm³/mol. The first-order chi connectivity index (χ1) is 45.0. The Hall–Kier alpha value is -5.64. The van der Waals surface area contributed by atoms with Gasteiger partial charge in [-0.15, -0.1) is 10.2 Å². The van der Waals surface area contributed by atoms with Crippen molar-refractivity contribution in [2.24, 2.45) is 92.7 Å². The molecule has 0 spiro atoms. The van der Waals surface area contributed by atoms with Gasteiger partial charge in [-0.25, -0.2) is 9.36 Å². The van der Waals surface area contributed by atoms with Gasteiger partial charge in [0.1, 0.15) is 11.4 Å². The van der Waals surface area contributed by atoms with E-state index in [2.05, 4.69) is 72.8 Å². The van der Waals surface area contributed by atoms with E-state index in [0.29, 0.717) is 49.9 Å². The molecule has 0 bridgehead atoms. The fourth-order valence-electron chi connectivity index (χ4n) is 23.3. The van der Waals surface area contributed by atoms with Gasteiger partial charge >= 0.3 is 0 Å². The van der Waals surface area contributed by atoms with Gasteiger partial charge in [0, 0.05) is 25.9 Å². The van der Waals surface area contributed by atoms with Gasteiger partial charge in [-0.1, -0.05) is 113 Å². The third kappa shape index (κ3) is 11.0. The minimum absolute atomic E-state index is 0.0104. The summed E-state index contributed by atoms with van der Waals surface area (Å²) < 4.78 is 3.18. The Morgan fingerprint density at radius 1 is 0.521 bits per heavy atom. The van der Waals surface area contributed by atoms with Crippen LogP contribution in [0.5, 0.6) is 0 Å². The lowest BCUT2D eigenvalue weighted by Gasteiger charge is -2.63. The van der Waals surface area contributed by atoms with E-state index in [9.17, 15) is 49.8 Å². The van der Waals surface area contributed by atoms with Gasteiger partial charge in [0.25, 0.3) is 11.8 Å². The van der Waals surface area contributed by atoms with E-state index in [0.717, 1.165) is 88.2 Å². The number of hydrogen-bond acceptors (Lipinski definition) is 14. The summed E-state index contributed by atoms with van der Waals surface area (Å²) in [7, 11) is 0. The summed E-state index contributed by atoms with van der Waals surface area (Å²) in [5, 5.41) is 92.6. The fraction of sp³-hybridized carbons (Fsp3) is 0.730. The zero-order valence-corrected chi connectivity index (χ0v) is 56.1. The highest BCUT2D eigenvalue weighted by Gasteiger charge is 2.68. The highest BCUT2D eigenvalue weighted by atomic mass is 16.3. The van der Waals surface area contributed by atoms with Crippen LogP contribution in [0.1, 0.15) is 204 Å². The molecule has 2 aromatic carbocycles. The maximum Gasteiger partial charge on any atom is 0.250 e. The van der Waals surface area contributed by atoms with Crippen LogP contribution in [0.2, 0.25) is 0 Å². The Balaban J connectivity index is 0.563. The number of amides is 4. The Morgan fingerprint density at radius 2 is 0.915 bits per heavy atom. The summed E-state index contributed by atoms with van der Waals surface area (Å²) in [6.07, 6.45) is 14.5. The zero-order chi connectivity index (χ0) is 65.9. The second kappa shape index (κ2) is 25.3. The van der Waals surface area contributed by atoms with Crippen LogP contribution in [0, 0.1) is 92.7 Å². The summed E-state index contributed by atoms with van der Waals surface area (Å²) in [6.45, 7) is 14.4. The third-order valence-corrected chi connectivity index (χ3v) is 28.5. The number of aromatic nitrogens is 6. The Labute approximate surface area is 553 Å². The molecule has 20 nitrogen and oxygen atoms in total. The molecule has 4 heterocycles. The van der Waals surface area contributed by atoms with Gasteiger partial charge in [-0.05, 0) is 207 Å². The lowest BCUT2D eigenvalue weighted by molar-refractivity contribution is -0.207. The highest BCUT2D eigenvalue weighted by Crippen LogP contribution is 2.70. The maximum atomic E-state index is 14.4. The van der Waals surface area contributed by atoms with Crippen molar-refractivity contribution in [3.8, 4) is 0 Å². The SMILES string of the molecule is C[C@H](CCC(=O)NCc1cn([C@@H]2C(=O)N(CCN3C(=O)[C@@H](n4cc(CNC(=O)CC[C@@H](C)[C@H]5CC[C@H]6[C@@H]7[C@H](O)C[C@@H]8C[C@H](O)CC[C@]8(C)[C@H]7C[C@H](O)[C@]56C)nn4)[C@H]3c3ccccc3)[C@@H]2c2ccccc2)nn1)[C@H]1CC[C@H]2[C@@H]3[C@H](O)C[C@@H]4C[C@H](O)CC[C@]4(C)[C@H]3C[C@H](O)[C@]12C. The van der Waals surface area contributed by atoms with Gasteiger partial charge in [0.2, 0.25) is 11.8 Å². The largest absolute Gasteiger partial charge is 0.393 e. The van der Waals surface area contributed by atoms with Crippen molar-refractivity contribution >= 4 is 23.6 Å². The first-order valence-electron chi connectivity index (χ1n) is 36.2. The molecule has 4 aromatic rings. The van der Waals surface area contributed by atoms with Crippen LogP contribution >= 0.6 is 0 Å². The average Bonchev–Trinajstić information content (AvgIpc) is 1.39. The number of nitrogens with zero attached hydrogens (tertiary/aromatic N) is 8. The van der Waals surface area contributed by atoms with Gasteiger partial charge in [0.15, 0.2) is 12.1 Å². The number of aliphatic hydroxyl groups excluding tert-OH is 6. The summed E-state index contributed by atoms with van der Waals surface area (Å²) in [5.74, 6) is 1.95. The molecule has 94 heavy (non-hydrogen) atoms. The molecule has 10 fully saturated rings. The van der Waals surface area contributed by atoms with Crippen LogP contribution in [0.25, 0.3) is 0 Å². The Kier molecular flexibility index (Phi) is 17.7. The number of carbonyl (C=O) groups is 4. The molecule has 10 aliphatic rings. The monoisotopic (exact) mass is 1290 g/mol. The standard InChI is InChI=1S/C74H104N10O10/c1-41(51-19-21-53-63-55(35-59(89)73(51,53)5)71(3)27-25-49(85)31-45(71)33-57(63)87)17-23-61(91)75-37-47-39-83(79-77-47)67-65(43-13-9-7-10-14-43)81(69(67)93)29-30-82-66(44-15-11-8-12-16-44)68(70(82)94)84-40-48(78-80-84)38-76-62(92)24-18-42(2)52-20-22-54-64-56(36-60(90)74(52,54)6)72(4)28-26-50(86)32-46(72)34-58(64)88/h7-16,39-42,45-46,49-60,63-68,85-90H,17-38H2,1-6H3,(H,75,91)(H,76,92)/t41-,42-,45+,46+,49-,50-,51-,52-,53+,54+,55+,56+,57-,58-,59+,60+,63+,64+,65-,66-,67+,68+,71+,72+,73-,74-/m1/s1. The van der Waals surface area contributed by atoms with Crippen molar-refractivity contribution in [2.45, 2.75) is 231 Å². The van der Waals surface area contributed by atoms with E-state index in [1.54, 1.807) is 31.6 Å². The molecule has 2 aromatic heterocycles. The van der Waals surface area contributed by atoms with Crippen molar-refractivity contribution in [3.05, 3.63) is 95.6 Å². The van der Waals surface area contributed by atoms with E-state index < -0.39 is 48.6 Å². The fourth-order valence-corrected chi connectivity index (χ4v) is 23.3. The van der Waals surface area contributed by atoms with E-state index in [-0.39, 0.29) is 155 Å². The van der Waals surface area contributed by atoms with Crippen molar-refractivity contribution in [1.82, 2.24) is 50.4 Å². The van der Waals surface area contributed by atoms with Crippen molar-refractivity contribution < 1.29 is 49.8 Å². The molecular formula is C74H104N10O10. The van der Waals surface area contributed by atoms with Crippen molar-refractivity contribution in [2.75, 3.05) is 13.1 Å². The predicted octanol–water partition coefficient (Wildman–Crippen LogP) is 7.81. The normalized spacial score (nSPS) is 42.0. The first kappa shape index (κ1) is 65.6. The Bertz CT molecular complexity index is 3190. The van der Waals surface area contributed by atoms with Crippen molar-refractivity contribution in [3.63, 3.8) is 0 Å². The number of β-lactam (4-membered cyclic amide) rings is 2. The van der Waals surface area contributed by atoms with Crippen LogP contribution in [0.4, 0.5) is 0 Å². The van der Waals surface area contributed by atoms with Crippen LogP contribution < -0.4 is 10.6 Å². The van der Waals surface area contributed by atoms with E-state index in [1.165, 1.54) is 0 Å². The smallest absolute Gasteiger partial charge is 0.250 e. The summed E-state index contributed by atoms with van der Waals surface area (Å²) >= 11 is 0. The Morgan fingerprint density at radius 3 is 1.31 bits per heavy atom. The van der Waals surface area contributed by atoms with Gasteiger partial charge < -0.3 is 51.1 Å². The molecule has 8 aliphatic carbocycles. The number of fused-ring (bicyclic) bond motifs is 10. The number of nitrogens with one attached hydrogen (secondary N) is 2. The molecule has 2 saturated heterocycles. The van der Waals surface area contributed by atoms with Gasteiger partial charge in [0.05, 0.1) is 74.2 Å². The quantitative estimate of drug-likeness (QED) is 0.0416. The van der Waals surface area contributed by atoms with Crippen LogP contribution in [-0.4, -0.2) is 144 Å². The van der Waals surface area contributed by atoms with Gasteiger partial charge in [-0.3, -0.25) is 19.2 Å². The minimum atomic E-state index is -0.694. The number of rotatable bonds is 19. The van der Waals surface area contributed by atoms with Gasteiger partial charge in [-0.2, -0.15) is 0 Å². The lowest BCUT2D eigenvalue weighted by Crippen LogP contribution is -2.62. The molecule has 510 valence electrons. The number of carbonyl (C=O) groups excluding carboxylic acids is 4. The second-order valence-corrected chi connectivity index (χ2v) is 32.7. The summed E-state index contributed by atoms with van der Waals surface area (Å²) in [5.41, 5.74) is 2.20. The number of likely N-dealkylation sites (tertiary alicyclic amines) is 2. The highest BCUT2D eigenvalue weighted by molar-refractivity contribution is 5.90. The third-order valence-electron chi connectivity index (χ3n) is 28.5. The molecular weight excluding hydrogens is 1190 g/mol. The molecule has 2 aliphatic heterocycles. The molecule has 26 atom stereocenters. The van der Waals surface area contributed by atoms with E-state index in [1.807, 2.05) is 60.7 Å². The molecule has 14 rings (SSSR count). The molecule has 8 N–H and O–H groups in total. The summed E-state index contributed by atoms with van der Waals surface area (Å²) in [4.78, 5) is 59.5. The summed E-state index contributed by atoms with van der Waals surface area (Å²) in [6, 6.07) is 17.4. The number of benzene rings is 2. The lowest BCUT2D eigenvalue weighted by atomic mass is 9.43. The topological polar surface area (TPSA) is 282 Å². The molecule has 8 saturated carbocycles. The molecule has 20 heteroatoms. The number of hydrogen-bond donors (Lipinski definition) is 8. The van der Waals surface area contributed by atoms with E-state index in [4.69, 9.17) is 0 Å². The van der Waals surface area contributed by atoms with E-state index >= 15 is 0 Å². The first-order valence-corrected chi connectivity index (χ1v) is 36.2. The number of aliphatic hydroxyl groups is 6. The molecule has 4 amide bonds. The van der Waals surface area contributed by atoms with Crippen molar-refractivity contribution in [1.29, 1.82) is 0 Å². The zero-order valence-electron chi connectivity index (χ0n) is 56.1. The average molecular weight is 1290 g/mol. The molecule has 0 unspecified atom stereocenters.